The van der Waals surface area contributed by atoms with Gasteiger partial charge >= 0.3 is 0 Å². The number of unbranched alkanes of at least 4 members (excludes halogenated alkanes) is 1. The molecule has 19 heavy (non-hydrogen) atoms. The number of nitro benzene ring substituents is 1. The number of hydrogen-bond donors (Lipinski definition) is 1. The summed E-state index contributed by atoms with van der Waals surface area (Å²) in [6.45, 7) is 1.89. The Hall–Kier alpha value is -1.96. The topological polar surface area (TPSA) is 106 Å². The second-order valence-electron chi connectivity index (χ2n) is 4.14. The lowest BCUT2D eigenvalue weighted by molar-refractivity contribution is -0.383. The smallest absolute Gasteiger partial charge is 0.297 e. The number of rotatable bonds is 5. The van der Waals surface area contributed by atoms with E-state index in [4.69, 9.17) is 0 Å². The second kappa shape index (κ2) is 4.96. The van der Waals surface area contributed by atoms with E-state index in [1.807, 2.05) is 6.92 Å². The van der Waals surface area contributed by atoms with Crippen molar-refractivity contribution in [3.63, 3.8) is 0 Å². The van der Waals surface area contributed by atoms with Gasteiger partial charge in [-0.3, -0.25) is 10.1 Å². The van der Waals surface area contributed by atoms with Gasteiger partial charge in [-0.1, -0.05) is 19.4 Å². The number of fused-ring (bicyclic) bond motifs is 1. The van der Waals surface area contributed by atoms with Crippen LogP contribution in [0.2, 0.25) is 0 Å². The summed E-state index contributed by atoms with van der Waals surface area (Å²) < 4.78 is 24.0. The van der Waals surface area contributed by atoms with Crippen LogP contribution in [0, 0.1) is 10.1 Å². The van der Waals surface area contributed by atoms with Crippen LogP contribution in [0.3, 0.4) is 0 Å². The summed E-state index contributed by atoms with van der Waals surface area (Å²) in [5.74, 6) is -0.0167. The van der Waals surface area contributed by atoms with Crippen LogP contribution in [0.1, 0.15) is 19.8 Å². The van der Waals surface area contributed by atoms with E-state index in [0.29, 0.717) is 11.9 Å². The molecule has 0 aliphatic rings. The van der Waals surface area contributed by atoms with E-state index in [0.717, 1.165) is 6.42 Å². The highest BCUT2D eigenvalue weighted by Crippen LogP contribution is 2.24. The van der Waals surface area contributed by atoms with Crippen molar-refractivity contribution in [2.45, 2.75) is 24.9 Å². The van der Waals surface area contributed by atoms with Gasteiger partial charge in [0.2, 0.25) is 15.0 Å². The van der Waals surface area contributed by atoms with Gasteiger partial charge in [0.15, 0.2) is 5.52 Å². The molecule has 1 heterocycles. The maximum atomic E-state index is 12.0. The number of sulfone groups is 1. The first-order chi connectivity index (χ1) is 8.95. The average molecular weight is 283 g/mol. The molecule has 8 heteroatoms. The molecular formula is C11H13N3O4S. The maximum Gasteiger partial charge on any atom is 0.297 e. The number of aromatic amines is 1. The molecule has 2 rings (SSSR count). The Bertz CT molecular complexity index is 721. The number of benzene rings is 1. The highest BCUT2D eigenvalue weighted by Gasteiger charge is 2.22. The van der Waals surface area contributed by atoms with Crippen molar-refractivity contribution in [1.82, 2.24) is 9.97 Å². The number of non-ortho nitro benzene ring substituents is 1. The lowest BCUT2D eigenvalue weighted by Crippen LogP contribution is -2.08. The first-order valence-electron chi connectivity index (χ1n) is 5.81. The van der Waals surface area contributed by atoms with Gasteiger partial charge in [0.05, 0.1) is 16.2 Å². The molecule has 102 valence electrons. The normalized spacial score (nSPS) is 11.8. The van der Waals surface area contributed by atoms with Crippen molar-refractivity contribution < 1.29 is 13.3 Å². The SMILES string of the molecule is CCCCS(=O)(=O)c1nc2c([N+](=O)[O-])cccc2[nH]1. The van der Waals surface area contributed by atoms with Gasteiger partial charge in [-0.05, 0) is 12.5 Å². The van der Waals surface area contributed by atoms with Gasteiger partial charge in [0, 0.05) is 6.07 Å². The molecule has 0 unspecified atom stereocenters. The summed E-state index contributed by atoms with van der Waals surface area (Å²) in [4.78, 5) is 16.8. The minimum absolute atomic E-state index is 0.0167. The van der Waals surface area contributed by atoms with E-state index in [-0.39, 0.29) is 22.1 Å². The Labute approximate surface area is 109 Å². The van der Waals surface area contributed by atoms with Crippen LogP contribution in [-0.4, -0.2) is 29.1 Å². The fourth-order valence-corrected chi connectivity index (χ4v) is 3.08. The molecule has 0 saturated heterocycles. The highest BCUT2D eigenvalue weighted by molar-refractivity contribution is 7.91. The van der Waals surface area contributed by atoms with Crippen LogP contribution in [0.15, 0.2) is 23.4 Å². The molecule has 0 aliphatic carbocycles. The molecule has 0 amide bonds. The Morgan fingerprint density at radius 2 is 2.16 bits per heavy atom. The number of aromatic nitrogens is 2. The predicted molar refractivity (Wildman–Crippen MR) is 69.7 cm³/mol. The van der Waals surface area contributed by atoms with Crippen molar-refractivity contribution in [3.8, 4) is 0 Å². The van der Waals surface area contributed by atoms with Gasteiger partial charge in [0.25, 0.3) is 5.69 Å². The first kappa shape index (κ1) is 13.5. The molecular weight excluding hydrogens is 270 g/mol. The quantitative estimate of drug-likeness (QED) is 0.667. The van der Waals surface area contributed by atoms with Crippen molar-refractivity contribution in [1.29, 1.82) is 0 Å². The zero-order chi connectivity index (χ0) is 14.0. The molecule has 0 radical (unpaired) electrons. The summed E-state index contributed by atoms with van der Waals surface area (Å²) in [6.07, 6.45) is 1.28. The molecule has 0 bridgehead atoms. The standard InChI is InChI=1S/C11H13N3O4S/c1-2-3-7-19(17,18)11-12-8-5-4-6-9(14(15)16)10(8)13-11/h4-6H,2-3,7H2,1H3,(H,12,13). The molecule has 0 atom stereocenters. The van der Waals surface area contributed by atoms with Crippen molar-refractivity contribution in [2.75, 3.05) is 5.75 Å². The predicted octanol–water partition coefficient (Wildman–Crippen LogP) is 2.04. The fraction of sp³-hybridized carbons (Fsp3) is 0.364. The third-order valence-electron chi connectivity index (χ3n) is 2.73. The van der Waals surface area contributed by atoms with Crippen LogP contribution in [-0.2, 0) is 9.84 Å². The summed E-state index contributed by atoms with van der Waals surface area (Å²) >= 11 is 0. The Kier molecular flexibility index (Phi) is 3.52. The molecule has 1 N–H and O–H groups in total. The minimum Gasteiger partial charge on any atom is -0.329 e. The molecule has 7 nitrogen and oxygen atoms in total. The van der Waals surface area contributed by atoms with E-state index < -0.39 is 14.8 Å². The minimum atomic E-state index is -3.52. The average Bonchev–Trinajstić information content (AvgIpc) is 2.80. The molecule has 1 aromatic heterocycles. The first-order valence-corrected chi connectivity index (χ1v) is 7.47. The van der Waals surface area contributed by atoms with Gasteiger partial charge in [-0.2, -0.15) is 0 Å². The number of imidazole rings is 1. The zero-order valence-corrected chi connectivity index (χ0v) is 11.1. The summed E-state index contributed by atoms with van der Waals surface area (Å²) in [5, 5.41) is 10.6. The van der Waals surface area contributed by atoms with E-state index in [1.165, 1.54) is 12.1 Å². The van der Waals surface area contributed by atoms with E-state index in [2.05, 4.69) is 9.97 Å². The number of para-hydroxylation sites is 1. The van der Waals surface area contributed by atoms with Gasteiger partial charge in [-0.15, -0.1) is 0 Å². The Balaban J connectivity index is 2.53. The Morgan fingerprint density at radius 1 is 1.42 bits per heavy atom. The third-order valence-corrected chi connectivity index (χ3v) is 4.34. The third kappa shape index (κ3) is 2.58. The van der Waals surface area contributed by atoms with Crippen molar-refractivity contribution in [2.24, 2.45) is 0 Å². The van der Waals surface area contributed by atoms with Crippen molar-refractivity contribution >= 4 is 26.6 Å². The summed E-state index contributed by atoms with van der Waals surface area (Å²) in [5.41, 5.74) is 0.220. The Morgan fingerprint density at radius 3 is 2.79 bits per heavy atom. The number of hydrogen-bond acceptors (Lipinski definition) is 5. The van der Waals surface area contributed by atoms with E-state index >= 15 is 0 Å². The molecule has 0 fully saturated rings. The number of nitrogens with zero attached hydrogens (tertiary/aromatic N) is 2. The van der Waals surface area contributed by atoms with Crippen LogP contribution < -0.4 is 0 Å². The lowest BCUT2D eigenvalue weighted by atomic mass is 10.3. The number of H-pyrrole nitrogens is 1. The highest BCUT2D eigenvalue weighted by atomic mass is 32.2. The summed E-state index contributed by atoms with van der Waals surface area (Å²) in [7, 11) is -3.52. The molecule has 0 spiro atoms. The van der Waals surface area contributed by atoms with Crippen LogP contribution in [0.25, 0.3) is 11.0 Å². The second-order valence-corrected chi connectivity index (χ2v) is 6.17. The monoisotopic (exact) mass is 283 g/mol. The van der Waals surface area contributed by atoms with Crippen LogP contribution >= 0.6 is 0 Å². The fourth-order valence-electron chi connectivity index (χ4n) is 1.72. The van der Waals surface area contributed by atoms with Crippen LogP contribution in [0.5, 0.6) is 0 Å². The number of nitrogens with one attached hydrogen (secondary N) is 1. The molecule has 2 aromatic rings. The van der Waals surface area contributed by atoms with Crippen molar-refractivity contribution in [3.05, 3.63) is 28.3 Å². The molecule has 0 saturated carbocycles. The molecule has 1 aromatic carbocycles. The van der Waals surface area contributed by atoms with Gasteiger partial charge < -0.3 is 4.98 Å². The van der Waals surface area contributed by atoms with Gasteiger partial charge in [0.1, 0.15) is 0 Å². The largest absolute Gasteiger partial charge is 0.329 e. The van der Waals surface area contributed by atoms with E-state index in [9.17, 15) is 18.5 Å². The lowest BCUT2D eigenvalue weighted by Gasteiger charge is -1.97. The van der Waals surface area contributed by atoms with E-state index in [1.54, 1.807) is 6.07 Å². The zero-order valence-electron chi connectivity index (χ0n) is 10.3. The van der Waals surface area contributed by atoms with Gasteiger partial charge in [-0.25, -0.2) is 13.4 Å². The summed E-state index contributed by atoms with van der Waals surface area (Å²) in [6, 6.07) is 4.35. The molecule has 0 aliphatic heterocycles. The van der Waals surface area contributed by atoms with Crippen LogP contribution in [0.4, 0.5) is 5.69 Å². The maximum absolute atomic E-state index is 12.0. The number of nitro groups is 1.